The first-order chi connectivity index (χ1) is 9.10. The lowest BCUT2D eigenvalue weighted by Crippen LogP contribution is -2.22. The van der Waals surface area contributed by atoms with E-state index in [1.54, 1.807) is 12.1 Å². The molecule has 0 bridgehead atoms. The van der Waals surface area contributed by atoms with E-state index in [4.69, 9.17) is 0 Å². The Bertz CT molecular complexity index is 502. The molecule has 5 heteroatoms. The standard InChI is InChI=1S/C14H15F2NO2/c1-19-14(18)7-4-10-3-6-13(17-10)9-2-5-11(15)12(16)8-9/h2,4-5,7-8,10,13,17H,3,6H2,1H3/t10-,13+/m0/s1. The van der Waals surface area contributed by atoms with Gasteiger partial charge >= 0.3 is 5.97 Å². The van der Waals surface area contributed by atoms with E-state index in [-0.39, 0.29) is 12.1 Å². The van der Waals surface area contributed by atoms with E-state index in [2.05, 4.69) is 10.1 Å². The number of esters is 1. The highest BCUT2D eigenvalue weighted by Gasteiger charge is 2.23. The van der Waals surface area contributed by atoms with E-state index < -0.39 is 17.6 Å². The van der Waals surface area contributed by atoms with Crippen LogP contribution in [-0.2, 0) is 9.53 Å². The number of ether oxygens (including phenoxy) is 1. The molecule has 102 valence electrons. The van der Waals surface area contributed by atoms with Crippen LogP contribution in [-0.4, -0.2) is 19.1 Å². The van der Waals surface area contributed by atoms with Crippen molar-refractivity contribution in [3.05, 3.63) is 47.5 Å². The van der Waals surface area contributed by atoms with Gasteiger partial charge in [0.2, 0.25) is 0 Å². The summed E-state index contributed by atoms with van der Waals surface area (Å²) in [5, 5.41) is 3.25. The number of methoxy groups -OCH3 is 1. The summed E-state index contributed by atoms with van der Waals surface area (Å²) in [6.07, 6.45) is 4.73. The van der Waals surface area contributed by atoms with Crippen molar-refractivity contribution in [1.82, 2.24) is 5.32 Å². The summed E-state index contributed by atoms with van der Waals surface area (Å²) in [7, 11) is 1.32. The van der Waals surface area contributed by atoms with E-state index in [1.165, 1.54) is 19.3 Å². The van der Waals surface area contributed by atoms with Gasteiger partial charge in [0.25, 0.3) is 0 Å². The highest BCUT2D eigenvalue weighted by molar-refractivity contribution is 5.81. The van der Waals surface area contributed by atoms with Gasteiger partial charge in [-0.2, -0.15) is 0 Å². The van der Waals surface area contributed by atoms with Gasteiger partial charge in [0.1, 0.15) is 0 Å². The summed E-state index contributed by atoms with van der Waals surface area (Å²) >= 11 is 0. The fraction of sp³-hybridized carbons (Fsp3) is 0.357. The molecule has 2 atom stereocenters. The molecule has 1 saturated heterocycles. The Morgan fingerprint density at radius 3 is 2.84 bits per heavy atom. The molecule has 1 aliphatic rings. The predicted octanol–water partition coefficient (Wildman–Crippen LogP) is 2.49. The minimum Gasteiger partial charge on any atom is -0.466 e. The second-order valence-electron chi connectivity index (χ2n) is 4.46. The quantitative estimate of drug-likeness (QED) is 0.675. The number of carbonyl (C=O) groups is 1. The first kappa shape index (κ1) is 13.7. The van der Waals surface area contributed by atoms with Crippen molar-refractivity contribution < 1.29 is 18.3 Å². The zero-order chi connectivity index (χ0) is 13.8. The van der Waals surface area contributed by atoms with Crippen LogP contribution in [0.25, 0.3) is 0 Å². The zero-order valence-corrected chi connectivity index (χ0v) is 10.5. The molecule has 0 aliphatic carbocycles. The fourth-order valence-electron chi connectivity index (χ4n) is 2.18. The van der Waals surface area contributed by atoms with Gasteiger partial charge in [0, 0.05) is 18.2 Å². The average Bonchev–Trinajstić information content (AvgIpc) is 2.88. The topological polar surface area (TPSA) is 38.3 Å². The number of carbonyl (C=O) groups excluding carboxylic acids is 1. The van der Waals surface area contributed by atoms with E-state index in [0.717, 1.165) is 18.9 Å². The Morgan fingerprint density at radius 1 is 1.37 bits per heavy atom. The van der Waals surface area contributed by atoms with Crippen LogP contribution in [0.4, 0.5) is 8.78 Å². The van der Waals surface area contributed by atoms with Gasteiger partial charge in [-0.3, -0.25) is 0 Å². The fourth-order valence-corrected chi connectivity index (χ4v) is 2.18. The maximum absolute atomic E-state index is 13.2. The molecule has 1 N–H and O–H groups in total. The molecule has 0 unspecified atom stereocenters. The van der Waals surface area contributed by atoms with E-state index in [1.807, 2.05) is 0 Å². The van der Waals surface area contributed by atoms with Crippen molar-refractivity contribution in [1.29, 1.82) is 0 Å². The van der Waals surface area contributed by atoms with Crippen molar-refractivity contribution >= 4 is 5.97 Å². The van der Waals surface area contributed by atoms with Crippen molar-refractivity contribution in [2.24, 2.45) is 0 Å². The summed E-state index contributed by atoms with van der Waals surface area (Å²) in [6.45, 7) is 0. The second kappa shape index (κ2) is 5.93. The second-order valence-corrected chi connectivity index (χ2v) is 4.46. The van der Waals surface area contributed by atoms with Gasteiger partial charge < -0.3 is 10.1 Å². The van der Waals surface area contributed by atoms with Gasteiger partial charge in [-0.1, -0.05) is 12.1 Å². The molecule has 0 radical (unpaired) electrons. The van der Waals surface area contributed by atoms with Gasteiger partial charge in [-0.15, -0.1) is 0 Å². The Balaban J connectivity index is 2.00. The summed E-state index contributed by atoms with van der Waals surface area (Å²) in [5.74, 6) is -2.09. The van der Waals surface area contributed by atoms with Crippen molar-refractivity contribution in [3.8, 4) is 0 Å². The van der Waals surface area contributed by atoms with Gasteiger partial charge in [0.15, 0.2) is 11.6 Å². The Morgan fingerprint density at radius 2 is 2.16 bits per heavy atom. The molecule has 1 aromatic rings. The van der Waals surface area contributed by atoms with Crippen molar-refractivity contribution in [3.63, 3.8) is 0 Å². The van der Waals surface area contributed by atoms with Crippen LogP contribution in [0.5, 0.6) is 0 Å². The molecule has 1 aromatic carbocycles. The van der Waals surface area contributed by atoms with Gasteiger partial charge in [-0.05, 0) is 30.5 Å². The average molecular weight is 267 g/mol. The zero-order valence-electron chi connectivity index (χ0n) is 10.5. The molecule has 1 heterocycles. The SMILES string of the molecule is COC(=O)C=C[C@@H]1CC[C@H](c2ccc(F)c(F)c2)N1. The molecule has 0 aromatic heterocycles. The number of nitrogens with one attached hydrogen (secondary N) is 1. The molecule has 19 heavy (non-hydrogen) atoms. The molecule has 1 fully saturated rings. The van der Waals surface area contributed by atoms with Gasteiger partial charge in [-0.25, -0.2) is 13.6 Å². The summed E-state index contributed by atoms with van der Waals surface area (Å²) in [6, 6.07) is 3.92. The number of rotatable bonds is 3. The minimum atomic E-state index is -0.844. The normalized spacial score (nSPS) is 22.9. The van der Waals surface area contributed by atoms with Crippen molar-refractivity contribution in [2.75, 3.05) is 7.11 Å². The van der Waals surface area contributed by atoms with Crippen molar-refractivity contribution in [2.45, 2.75) is 24.9 Å². The third-order valence-electron chi connectivity index (χ3n) is 3.19. The van der Waals surface area contributed by atoms with Crippen LogP contribution in [0.3, 0.4) is 0 Å². The molecule has 0 saturated carbocycles. The molecule has 2 rings (SSSR count). The summed E-state index contributed by atoms with van der Waals surface area (Å²) in [5.41, 5.74) is 0.716. The minimum absolute atomic E-state index is 0.0256. The van der Waals surface area contributed by atoms with Crippen LogP contribution in [0.1, 0.15) is 24.4 Å². The number of halogens is 2. The Hall–Kier alpha value is -1.75. The smallest absolute Gasteiger partial charge is 0.330 e. The maximum Gasteiger partial charge on any atom is 0.330 e. The third kappa shape index (κ3) is 3.38. The molecule has 0 spiro atoms. The first-order valence-corrected chi connectivity index (χ1v) is 6.07. The molecule has 0 amide bonds. The monoisotopic (exact) mass is 267 g/mol. The summed E-state index contributed by atoms with van der Waals surface area (Å²) in [4.78, 5) is 11.0. The predicted molar refractivity (Wildman–Crippen MR) is 66.4 cm³/mol. The Labute approximate surface area is 110 Å². The van der Waals surface area contributed by atoms with Crippen LogP contribution in [0.15, 0.2) is 30.4 Å². The highest BCUT2D eigenvalue weighted by atomic mass is 19.2. The lowest BCUT2D eigenvalue weighted by Gasteiger charge is -2.12. The maximum atomic E-state index is 13.2. The van der Waals surface area contributed by atoms with E-state index in [9.17, 15) is 13.6 Å². The molecular weight excluding hydrogens is 252 g/mol. The highest BCUT2D eigenvalue weighted by Crippen LogP contribution is 2.27. The molecule has 3 nitrogen and oxygen atoms in total. The number of hydrogen-bond acceptors (Lipinski definition) is 3. The lowest BCUT2D eigenvalue weighted by molar-refractivity contribution is -0.134. The third-order valence-corrected chi connectivity index (χ3v) is 3.19. The number of hydrogen-bond donors (Lipinski definition) is 1. The van der Waals surface area contributed by atoms with Gasteiger partial charge in [0.05, 0.1) is 7.11 Å². The Kier molecular flexibility index (Phi) is 4.27. The van der Waals surface area contributed by atoms with Crippen LogP contribution in [0.2, 0.25) is 0 Å². The largest absolute Gasteiger partial charge is 0.466 e. The number of benzene rings is 1. The first-order valence-electron chi connectivity index (χ1n) is 6.07. The molecule has 1 aliphatic heterocycles. The van der Waals surface area contributed by atoms with Crippen LogP contribution < -0.4 is 5.32 Å². The van der Waals surface area contributed by atoms with E-state index in [0.29, 0.717) is 5.56 Å². The molecular formula is C14H15F2NO2. The van der Waals surface area contributed by atoms with Crippen LogP contribution >= 0.6 is 0 Å². The summed E-state index contributed by atoms with van der Waals surface area (Å²) < 4.78 is 30.5. The van der Waals surface area contributed by atoms with E-state index >= 15 is 0 Å². The van der Waals surface area contributed by atoms with Crippen LogP contribution in [0, 0.1) is 11.6 Å². The lowest BCUT2D eigenvalue weighted by atomic mass is 10.1.